The molecule has 1 aromatic carbocycles. The van der Waals surface area contributed by atoms with Gasteiger partial charge < -0.3 is 16.4 Å². The van der Waals surface area contributed by atoms with E-state index < -0.39 is 0 Å². The smallest absolute Gasteiger partial charge is 0.226 e. The number of aromatic nitrogens is 4. The fraction of sp³-hybridized carbons (Fsp3) is 0.421. The van der Waals surface area contributed by atoms with E-state index in [4.69, 9.17) is 10.7 Å². The molecule has 0 radical (unpaired) electrons. The van der Waals surface area contributed by atoms with Gasteiger partial charge in [0.25, 0.3) is 0 Å². The molecule has 2 bridgehead atoms. The molecule has 3 aliphatic rings. The Hall–Kier alpha value is -2.67. The zero-order valence-corrected chi connectivity index (χ0v) is 14.8. The molecule has 0 aliphatic heterocycles. The van der Waals surface area contributed by atoms with Crippen LogP contribution in [0.4, 0.5) is 11.8 Å². The van der Waals surface area contributed by atoms with Crippen LogP contribution in [0.2, 0.25) is 0 Å². The lowest BCUT2D eigenvalue weighted by Crippen LogP contribution is -2.63. The van der Waals surface area contributed by atoms with Crippen LogP contribution in [0.3, 0.4) is 0 Å². The summed E-state index contributed by atoms with van der Waals surface area (Å²) in [4.78, 5) is 9.36. The number of fused-ring (bicyclic) bond motifs is 1. The molecule has 7 heteroatoms. The van der Waals surface area contributed by atoms with Gasteiger partial charge in [-0.1, -0.05) is 30.3 Å². The number of nitrogens with two attached hydrogens (primary N) is 1. The minimum absolute atomic E-state index is 0.115. The largest absolute Gasteiger partial charge is 0.364 e. The van der Waals surface area contributed by atoms with Crippen LogP contribution in [0.1, 0.15) is 30.9 Å². The molecule has 4 N–H and O–H groups in total. The van der Waals surface area contributed by atoms with Gasteiger partial charge in [-0.25, -0.2) is 0 Å². The molecular weight excluding hydrogens is 326 g/mol. The minimum Gasteiger partial charge on any atom is -0.364 e. The van der Waals surface area contributed by atoms with Crippen LogP contribution in [0, 0.1) is 5.92 Å². The Kier molecular flexibility index (Phi) is 3.40. The van der Waals surface area contributed by atoms with E-state index in [1.165, 1.54) is 19.3 Å². The second kappa shape index (κ2) is 5.67. The number of benzene rings is 1. The Morgan fingerprint density at radius 3 is 2.69 bits per heavy atom. The van der Waals surface area contributed by atoms with Crippen molar-refractivity contribution in [2.24, 2.45) is 18.7 Å². The lowest BCUT2D eigenvalue weighted by molar-refractivity contribution is 0.00194. The highest BCUT2D eigenvalue weighted by Gasteiger charge is 2.56. The van der Waals surface area contributed by atoms with Gasteiger partial charge in [-0.05, 0) is 30.7 Å². The summed E-state index contributed by atoms with van der Waals surface area (Å²) in [5, 5.41) is 12.3. The van der Waals surface area contributed by atoms with Gasteiger partial charge in [-0.3, -0.25) is 4.68 Å². The summed E-state index contributed by atoms with van der Waals surface area (Å²) in [6.45, 7) is 0.569. The average Bonchev–Trinajstić information content (AvgIpc) is 2.97. The van der Waals surface area contributed by atoms with Crippen molar-refractivity contribution in [2.75, 3.05) is 17.2 Å². The van der Waals surface area contributed by atoms with Crippen molar-refractivity contribution in [2.45, 2.75) is 30.8 Å². The predicted molar refractivity (Wildman–Crippen MR) is 102 cm³/mol. The van der Waals surface area contributed by atoms with Crippen molar-refractivity contribution in [1.82, 2.24) is 19.7 Å². The number of nitrogens with one attached hydrogen (secondary N) is 2. The third-order valence-electron chi connectivity index (χ3n) is 5.72. The van der Waals surface area contributed by atoms with E-state index in [-0.39, 0.29) is 11.6 Å². The highest BCUT2D eigenvalue weighted by atomic mass is 15.3. The zero-order chi connectivity index (χ0) is 17.7. The van der Waals surface area contributed by atoms with Crippen LogP contribution in [-0.2, 0) is 7.05 Å². The van der Waals surface area contributed by atoms with Gasteiger partial charge >= 0.3 is 0 Å². The standard InChI is InChI=1S/C19H23N7/c1-26-17-14(10-22-26)16(25-19-7-12(8-19)9-19)23-18(24-17)21-11-15(20)13-5-3-2-4-6-13/h2-6,10,12,15H,7-9,11,20H2,1H3,(H2,21,23,24,25)/t12?,15-,19?/m0/s1. The Balaban J connectivity index is 1.39. The van der Waals surface area contributed by atoms with Crippen LogP contribution in [-0.4, -0.2) is 31.8 Å². The summed E-state index contributed by atoms with van der Waals surface area (Å²) >= 11 is 0. The second-order valence-electron chi connectivity index (χ2n) is 7.68. The van der Waals surface area contributed by atoms with Gasteiger partial charge in [0.1, 0.15) is 5.82 Å². The second-order valence-corrected chi connectivity index (χ2v) is 7.68. The Morgan fingerprint density at radius 2 is 2.00 bits per heavy atom. The lowest BCUT2D eigenvalue weighted by atomic mass is 9.50. The van der Waals surface area contributed by atoms with Gasteiger partial charge in [0, 0.05) is 25.2 Å². The average molecular weight is 349 g/mol. The van der Waals surface area contributed by atoms with Crippen LogP contribution < -0.4 is 16.4 Å². The highest BCUT2D eigenvalue weighted by Crippen LogP contribution is 2.58. The topological polar surface area (TPSA) is 93.7 Å². The summed E-state index contributed by atoms with van der Waals surface area (Å²) < 4.78 is 1.78. The molecular formula is C19H23N7. The number of hydrogen-bond donors (Lipinski definition) is 3. The molecule has 3 saturated carbocycles. The number of nitrogens with zero attached hydrogens (tertiary/aromatic N) is 4. The van der Waals surface area contributed by atoms with Crippen LogP contribution in [0.5, 0.6) is 0 Å². The Morgan fingerprint density at radius 1 is 1.23 bits per heavy atom. The third-order valence-corrected chi connectivity index (χ3v) is 5.72. The predicted octanol–water partition coefficient (Wildman–Crippen LogP) is 2.44. The number of rotatable bonds is 6. The van der Waals surface area contributed by atoms with Gasteiger partial charge in [-0.15, -0.1) is 0 Å². The monoisotopic (exact) mass is 349 g/mol. The van der Waals surface area contributed by atoms with E-state index in [0.717, 1.165) is 28.3 Å². The zero-order valence-electron chi connectivity index (χ0n) is 14.8. The normalized spacial score (nSPS) is 24.6. The van der Waals surface area contributed by atoms with Crippen molar-refractivity contribution in [3.05, 3.63) is 42.1 Å². The van der Waals surface area contributed by atoms with E-state index in [2.05, 4.69) is 20.7 Å². The van der Waals surface area contributed by atoms with Crippen LogP contribution in [0.15, 0.2) is 36.5 Å². The van der Waals surface area contributed by atoms with E-state index >= 15 is 0 Å². The molecule has 0 spiro atoms. The fourth-order valence-electron chi connectivity index (χ4n) is 4.10. The summed E-state index contributed by atoms with van der Waals surface area (Å²) in [5.74, 6) is 2.37. The van der Waals surface area contributed by atoms with Gasteiger partial charge in [-0.2, -0.15) is 15.1 Å². The maximum absolute atomic E-state index is 6.29. The third kappa shape index (κ3) is 2.50. The van der Waals surface area contributed by atoms with E-state index in [0.29, 0.717) is 12.5 Å². The molecule has 7 nitrogen and oxygen atoms in total. The lowest BCUT2D eigenvalue weighted by Gasteiger charge is -2.62. The van der Waals surface area contributed by atoms with E-state index in [9.17, 15) is 0 Å². The van der Waals surface area contributed by atoms with Crippen LogP contribution >= 0.6 is 0 Å². The maximum Gasteiger partial charge on any atom is 0.226 e. The first-order chi connectivity index (χ1) is 12.6. The number of aryl methyl sites for hydroxylation is 1. The van der Waals surface area contributed by atoms with Crippen molar-refractivity contribution in [3.8, 4) is 0 Å². The maximum atomic E-state index is 6.29. The number of anilines is 2. The van der Waals surface area contributed by atoms with E-state index in [1.54, 1.807) is 4.68 Å². The first-order valence-corrected chi connectivity index (χ1v) is 9.14. The molecule has 3 aromatic rings. The van der Waals surface area contributed by atoms with E-state index in [1.807, 2.05) is 43.6 Å². The number of hydrogen-bond acceptors (Lipinski definition) is 6. The molecule has 134 valence electrons. The summed E-state index contributed by atoms with van der Waals surface area (Å²) in [7, 11) is 1.90. The van der Waals surface area contributed by atoms with Gasteiger partial charge in [0.2, 0.25) is 5.95 Å². The quantitative estimate of drug-likeness (QED) is 0.633. The molecule has 1 atom stereocenters. The molecule has 2 aromatic heterocycles. The van der Waals surface area contributed by atoms with Crippen molar-refractivity contribution in [1.29, 1.82) is 0 Å². The highest BCUT2D eigenvalue weighted by molar-refractivity contribution is 5.88. The molecule has 0 saturated heterocycles. The molecule has 0 unspecified atom stereocenters. The SMILES string of the molecule is Cn1ncc2c(NC34CC(C3)C4)nc(NC[C@H](N)c3ccccc3)nc21. The summed E-state index contributed by atoms with van der Waals surface area (Å²) in [6, 6.07) is 9.95. The molecule has 3 aliphatic carbocycles. The first kappa shape index (κ1) is 15.6. The molecule has 2 heterocycles. The van der Waals surface area contributed by atoms with Crippen LogP contribution in [0.25, 0.3) is 11.0 Å². The van der Waals surface area contributed by atoms with Gasteiger partial charge in [0.05, 0.1) is 11.6 Å². The molecule has 6 rings (SSSR count). The fourth-order valence-corrected chi connectivity index (χ4v) is 4.10. The molecule has 26 heavy (non-hydrogen) atoms. The Labute approximate surface area is 152 Å². The summed E-state index contributed by atoms with van der Waals surface area (Å²) in [6.07, 6.45) is 5.59. The minimum atomic E-state index is -0.115. The molecule has 3 fully saturated rings. The molecule has 0 amide bonds. The first-order valence-electron chi connectivity index (χ1n) is 9.14. The van der Waals surface area contributed by atoms with Crippen molar-refractivity contribution < 1.29 is 0 Å². The van der Waals surface area contributed by atoms with Crippen molar-refractivity contribution >= 4 is 22.8 Å². The summed E-state index contributed by atoms with van der Waals surface area (Å²) in [5.41, 5.74) is 8.46. The Bertz CT molecular complexity index is 932. The van der Waals surface area contributed by atoms with Gasteiger partial charge in [0.15, 0.2) is 5.65 Å². The van der Waals surface area contributed by atoms with Crippen molar-refractivity contribution in [3.63, 3.8) is 0 Å².